The maximum atomic E-state index is 14.9. The number of alkyl carbamates (subject to hydrolysis) is 1. The van der Waals surface area contributed by atoms with Gasteiger partial charge in [0, 0.05) is 16.9 Å². The number of nitrogens with zero attached hydrogens (tertiary/aromatic N) is 1. The third-order valence-corrected chi connectivity index (χ3v) is 13.5. The summed E-state index contributed by atoms with van der Waals surface area (Å²) >= 11 is 0. The summed E-state index contributed by atoms with van der Waals surface area (Å²) in [5.41, 5.74) is 1.98. The summed E-state index contributed by atoms with van der Waals surface area (Å²) in [5.74, 6) is 0.0619. The number of amides is 4. The molecular weight excluding hydrogens is 588 g/mol. The minimum Gasteiger partial charge on any atom is -0.444 e. The molecule has 11 heteroatoms. The van der Waals surface area contributed by atoms with Crippen LogP contribution < -0.4 is 16.4 Å². The Morgan fingerprint density at radius 3 is 1.72 bits per heavy atom. The van der Waals surface area contributed by atoms with Crippen LogP contribution in [-0.2, 0) is 19.1 Å². The van der Waals surface area contributed by atoms with Crippen LogP contribution in [0.25, 0.3) is 0 Å². The molecule has 1 saturated heterocycles. The summed E-state index contributed by atoms with van der Waals surface area (Å²) in [7, 11) is 0. The van der Waals surface area contributed by atoms with Crippen LogP contribution in [0.1, 0.15) is 111 Å². The van der Waals surface area contributed by atoms with E-state index in [2.05, 4.69) is 10.6 Å². The van der Waals surface area contributed by atoms with E-state index in [4.69, 9.17) is 10.5 Å². The Bertz CT molecular complexity index is 1330. The lowest BCUT2D eigenvalue weighted by Crippen LogP contribution is -2.70. The predicted octanol–water partition coefficient (Wildman–Crippen LogP) is 2.50. The number of rotatable bonds is 7. The van der Waals surface area contributed by atoms with E-state index in [0.717, 1.165) is 32.1 Å². The summed E-state index contributed by atoms with van der Waals surface area (Å²) in [4.78, 5) is 57.3. The van der Waals surface area contributed by atoms with Crippen molar-refractivity contribution in [2.75, 3.05) is 0 Å². The Morgan fingerprint density at radius 2 is 1.26 bits per heavy atom. The largest absolute Gasteiger partial charge is 0.444 e. The Balaban J connectivity index is 1.16. The van der Waals surface area contributed by atoms with Crippen molar-refractivity contribution < 1.29 is 34.1 Å². The van der Waals surface area contributed by atoms with Crippen molar-refractivity contribution in [2.45, 2.75) is 152 Å². The number of nitrogens with one attached hydrogen (secondary N) is 2. The van der Waals surface area contributed by atoms with Crippen LogP contribution >= 0.6 is 0 Å². The van der Waals surface area contributed by atoms with Crippen LogP contribution in [0.15, 0.2) is 0 Å². The Kier molecular flexibility index (Phi) is 6.60. The molecular formula is C35H52N4O7. The maximum absolute atomic E-state index is 14.9. The van der Waals surface area contributed by atoms with Crippen molar-refractivity contribution in [3.8, 4) is 0 Å². The van der Waals surface area contributed by atoms with Crippen molar-refractivity contribution in [3.05, 3.63) is 0 Å². The van der Waals surface area contributed by atoms with E-state index in [0.29, 0.717) is 57.8 Å². The number of nitrogens with two attached hydrogens (primary N) is 1. The molecule has 0 radical (unpaired) electrons. The number of aliphatic hydroxyl groups is 2. The zero-order chi connectivity index (χ0) is 32.6. The SMILES string of the molecule is CC(C)(C)OC(=O)N[C@H](C(=O)N[C@H](C(=O)N1[C@H](C(N)=O)C[C@@H]2C[C@@H]21)C12CC3C[C@H](CC(O)(C3)C1)C2)C12C[C@@H]3C[C@@H](CC(O)(C3)C1)C2. The van der Waals surface area contributed by atoms with Gasteiger partial charge in [-0.3, -0.25) is 14.4 Å². The molecule has 46 heavy (non-hydrogen) atoms. The molecule has 0 spiro atoms. The number of ether oxygens (including phenoxy) is 1. The number of fused-ring (bicyclic) bond motifs is 1. The first-order valence-electron chi connectivity index (χ1n) is 17.8. The fourth-order valence-corrected chi connectivity index (χ4v) is 13.0. The fraction of sp³-hybridized carbons (Fsp3) is 0.886. The normalized spacial score (nSPS) is 47.2. The van der Waals surface area contributed by atoms with E-state index in [1.165, 1.54) is 0 Å². The average Bonchev–Trinajstić information content (AvgIpc) is 3.54. The van der Waals surface area contributed by atoms with Crippen LogP contribution in [0, 0.1) is 40.4 Å². The number of likely N-dealkylation sites (tertiary alicyclic amines) is 1. The second-order valence-electron chi connectivity index (χ2n) is 18.6. The van der Waals surface area contributed by atoms with Crippen LogP contribution in [0.4, 0.5) is 4.79 Å². The molecule has 0 aromatic heterocycles. The van der Waals surface area contributed by atoms with Crippen molar-refractivity contribution >= 4 is 23.8 Å². The van der Waals surface area contributed by atoms with Crippen LogP contribution in [-0.4, -0.2) is 79.9 Å². The molecule has 1 aliphatic heterocycles. The van der Waals surface area contributed by atoms with E-state index in [1.54, 1.807) is 25.7 Å². The minimum atomic E-state index is -1.01. The maximum Gasteiger partial charge on any atom is 0.408 e. The van der Waals surface area contributed by atoms with Gasteiger partial charge >= 0.3 is 6.09 Å². The molecule has 6 N–H and O–H groups in total. The minimum absolute atomic E-state index is 0.0607. The first-order valence-corrected chi connectivity index (χ1v) is 17.8. The fourth-order valence-electron chi connectivity index (χ4n) is 13.0. The highest BCUT2D eigenvalue weighted by atomic mass is 16.6. The quantitative estimate of drug-likeness (QED) is 0.285. The van der Waals surface area contributed by atoms with Gasteiger partial charge in [-0.05, 0) is 140 Å². The third kappa shape index (κ3) is 5.04. The first kappa shape index (κ1) is 30.9. The number of hydrogen-bond donors (Lipinski definition) is 5. The molecule has 254 valence electrons. The van der Waals surface area contributed by atoms with Gasteiger partial charge in [-0.15, -0.1) is 0 Å². The number of primary amides is 1. The lowest BCUT2D eigenvalue weighted by molar-refractivity contribution is -0.187. The number of piperidine rings is 1. The van der Waals surface area contributed by atoms with Crippen molar-refractivity contribution in [2.24, 2.45) is 46.2 Å². The lowest BCUT2D eigenvalue weighted by Gasteiger charge is -2.63. The number of carbonyl (C=O) groups excluding carboxylic acids is 4. The molecule has 0 aromatic carbocycles. The molecule has 10 rings (SSSR count). The highest BCUT2D eigenvalue weighted by Gasteiger charge is 2.66. The summed E-state index contributed by atoms with van der Waals surface area (Å²) in [5, 5.41) is 29.5. The molecule has 10 fully saturated rings. The van der Waals surface area contributed by atoms with E-state index in [9.17, 15) is 29.4 Å². The smallest absolute Gasteiger partial charge is 0.408 e. The molecule has 1 heterocycles. The van der Waals surface area contributed by atoms with Gasteiger partial charge in [0.05, 0.1) is 11.2 Å². The molecule has 11 nitrogen and oxygen atoms in total. The molecule has 4 amide bonds. The standard InChI is InChI=1S/C35H52N4O7/c1-31(2,3)46-30(43)38-25(32-8-18-4-19(9-32)13-34(44,12-18)16-32)28(41)37-26(29(42)39-23-6-22(23)7-24(39)27(36)40)33-10-20-5-21(11-33)15-35(45,14-20)17-33/h18-26,44-45H,4-17H2,1-3H3,(H2,36,40)(H,37,41)(H,38,43)/t18-,19+,20-,21?,22-,23-,24-,25+,26+,32?,33?,34?,35?/m0/s1. The van der Waals surface area contributed by atoms with Crippen molar-refractivity contribution in [1.82, 2.24) is 15.5 Å². The predicted molar refractivity (Wildman–Crippen MR) is 166 cm³/mol. The van der Waals surface area contributed by atoms with E-state index in [-0.39, 0.29) is 41.5 Å². The van der Waals surface area contributed by atoms with Gasteiger partial charge in [-0.2, -0.15) is 0 Å². The molecule has 10 aliphatic rings. The van der Waals surface area contributed by atoms with E-state index < -0.39 is 63.7 Å². The third-order valence-electron chi connectivity index (χ3n) is 13.5. The molecule has 5 unspecified atom stereocenters. The average molecular weight is 641 g/mol. The van der Waals surface area contributed by atoms with Gasteiger partial charge in [-0.1, -0.05) is 0 Å². The molecule has 8 bridgehead atoms. The van der Waals surface area contributed by atoms with Gasteiger partial charge in [-0.25, -0.2) is 4.79 Å². The number of carbonyl (C=O) groups is 4. The topological polar surface area (TPSA) is 171 Å². The molecule has 9 saturated carbocycles. The van der Waals surface area contributed by atoms with Gasteiger partial charge in [0.2, 0.25) is 17.7 Å². The second-order valence-corrected chi connectivity index (χ2v) is 18.6. The monoisotopic (exact) mass is 640 g/mol. The van der Waals surface area contributed by atoms with Gasteiger partial charge < -0.3 is 36.2 Å². The zero-order valence-corrected chi connectivity index (χ0v) is 27.6. The van der Waals surface area contributed by atoms with Crippen LogP contribution in [0.2, 0.25) is 0 Å². The first-order chi connectivity index (χ1) is 21.5. The molecule has 0 aromatic rings. The van der Waals surface area contributed by atoms with Gasteiger partial charge in [0.15, 0.2) is 0 Å². The molecule has 9 aliphatic carbocycles. The van der Waals surface area contributed by atoms with Crippen LogP contribution in [0.5, 0.6) is 0 Å². The van der Waals surface area contributed by atoms with Gasteiger partial charge in [0.25, 0.3) is 0 Å². The highest BCUT2D eigenvalue weighted by Crippen LogP contribution is 2.65. The highest BCUT2D eigenvalue weighted by molar-refractivity contribution is 5.95. The van der Waals surface area contributed by atoms with Gasteiger partial charge in [0.1, 0.15) is 23.7 Å². The van der Waals surface area contributed by atoms with Crippen molar-refractivity contribution in [3.63, 3.8) is 0 Å². The second kappa shape index (κ2) is 9.83. The summed E-state index contributed by atoms with van der Waals surface area (Å²) in [6.45, 7) is 5.33. The Labute approximate surface area is 271 Å². The zero-order valence-electron chi connectivity index (χ0n) is 27.6. The van der Waals surface area contributed by atoms with Crippen LogP contribution in [0.3, 0.4) is 0 Å². The number of hydrogen-bond acceptors (Lipinski definition) is 7. The molecule has 13 atom stereocenters. The summed E-state index contributed by atoms with van der Waals surface area (Å²) in [6.07, 6.45) is 9.28. The Morgan fingerprint density at radius 1 is 0.761 bits per heavy atom. The van der Waals surface area contributed by atoms with Crippen molar-refractivity contribution in [1.29, 1.82) is 0 Å². The van der Waals surface area contributed by atoms with E-state index in [1.807, 2.05) is 0 Å². The summed E-state index contributed by atoms with van der Waals surface area (Å²) < 4.78 is 5.66. The lowest BCUT2D eigenvalue weighted by atomic mass is 9.45. The Hall–Kier alpha value is -2.40. The summed E-state index contributed by atoms with van der Waals surface area (Å²) in [6, 6.07) is -2.74. The van der Waals surface area contributed by atoms with E-state index >= 15 is 0 Å².